The Balaban J connectivity index is 2.51. The lowest BCUT2D eigenvalue weighted by Crippen LogP contribution is -2.15. The minimum atomic E-state index is -3.75. The monoisotopic (exact) mass is 496 g/mol. The van der Waals surface area contributed by atoms with Crippen molar-refractivity contribution in [2.24, 2.45) is 0 Å². The molecule has 0 saturated heterocycles. The molecule has 0 atom stereocenters. The quantitative estimate of drug-likeness (QED) is 0.604. The van der Waals surface area contributed by atoms with E-state index in [-0.39, 0.29) is 4.90 Å². The largest absolute Gasteiger partial charge is 0.399 e. The van der Waals surface area contributed by atoms with E-state index < -0.39 is 10.0 Å². The molecule has 0 heterocycles. The molecule has 0 amide bonds. The van der Waals surface area contributed by atoms with Crippen molar-refractivity contribution in [3.8, 4) is 0 Å². The van der Waals surface area contributed by atoms with E-state index in [0.717, 1.165) is 10.0 Å². The highest BCUT2D eigenvalue weighted by Crippen LogP contribution is 2.34. The lowest BCUT2D eigenvalue weighted by atomic mass is 10.2. The van der Waals surface area contributed by atoms with E-state index in [1.807, 2.05) is 13.0 Å². The molecule has 0 fully saturated rings. The maximum absolute atomic E-state index is 12.6. The van der Waals surface area contributed by atoms with E-state index in [4.69, 9.17) is 5.73 Å². The van der Waals surface area contributed by atoms with Gasteiger partial charge in [-0.25, -0.2) is 8.42 Å². The van der Waals surface area contributed by atoms with Crippen LogP contribution in [-0.4, -0.2) is 8.42 Å². The van der Waals surface area contributed by atoms with Crippen molar-refractivity contribution in [3.05, 3.63) is 49.3 Å². The first kappa shape index (κ1) is 16.8. The van der Waals surface area contributed by atoms with Gasteiger partial charge in [0, 0.05) is 19.1 Å². The summed E-state index contributed by atoms with van der Waals surface area (Å²) in [4.78, 5) is 0.107. The summed E-state index contributed by atoms with van der Waals surface area (Å²) in [6, 6.07) is 8.42. The SMILES string of the molecule is Cc1c(Br)cccc1NS(=O)(=O)c1c(Br)cc(N)cc1Br. The normalized spacial score (nSPS) is 11.4. The van der Waals surface area contributed by atoms with Gasteiger partial charge in [-0.1, -0.05) is 22.0 Å². The van der Waals surface area contributed by atoms with Gasteiger partial charge in [0.1, 0.15) is 4.90 Å². The summed E-state index contributed by atoms with van der Waals surface area (Å²) in [5.41, 5.74) is 7.47. The maximum Gasteiger partial charge on any atom is 0.264 e. The molecule has 0 spiro atoms. The summed E-state index contributed by atoms with van der Waals surface area (Å²) in [5.74, 6) is 0. The molecule has 2 aromatic carbocycles. The molecule has 4 nitrogen and oxygen atoms in total. The molecule has 8 heteroatoms. The number of halogens is 3. The Morgan fingerprint density at radius 1 is 1.05 bits per heavy atom. The van der Waals surface area contributed by atoms with Crippen LogP contribution < -0.4 is 10.5 Å². The van der Waals surface area contributed by atoms with Crippen molar-refractivity contribution in [1.82, 2.24) is 0 Å². The van der Waals surface area contributed by atoms with Crippen LogP contribution in [0.3, 0.4) is 0 Å². The average Bonchev–Trinajstić information content (AvgIpc) is 2.33. The van der Waals surface area contributed by atoms with Crippen molar-refractivity contribution in [2.45, 2.75) is 11.8 Å². The first-order chi connectivity index (χ1) is 9.72. The second-order valence-corrected chi connectivity index (χ2v) is 8.51. The number of hydrogen-bond acceptors (Lipinski definition) is 3. The third-order valence-corrected chi connectivity index (χ3v) is 6.90. The summed E-state index contributed by atoms with van der Waals surface area (Å²) in [6.07, 6.45) is 0. The molecule has 0 aliphatic rings. The molecule has 0 radical (unpaired) electrons. The van der Waals surface area contributed by atoms with Gasteiger partial charge in [-0.3, -0.25) is 4.72 Å². The topological polar surface area (TPSA) is 72.2 Å². The molecule has 0 aliphatic carbocycles. The Hall–Kier alpha value is -0.570. The fraction of sp³-hybridized carbons (Fsp3) is 0.0769. The fourth-order valence-corrected chi connectivity index (χ4v) is 5.86. The van der Waals surface area contributed by atoms with Crippen LogP contribution in [0.4, 0.5) is 11.4 Å². The molecule has 0 saturated carbocycles. The predicted molar refractivity (Wildman–Crippen MR) is 95.9 cm³/mol. The number of anilines is 2. The van der Waals surface area contributed by atoms with Crippen LogP contribution in [0.1, 0.15) is 5.56 Å². The van der Waals surface area contributed by atoms with Crippen molar-refractivity contribution in [1.29, 1.82) is 0 Å². The first-order valence-corrected chi connectivity index (χ1v) is 9.61. The Bertz CT molecular complexity index is 784. The van der Waals surface area contributed by atoms with Gasteiger partial charge in [0.15, 0.2) is 0 Å². The van der Waals surface area contributed by atoms with Crippen molar-refractivity contribution in [2.75, 3.05) is 10.5 Å². The van der Waals surface area contributed by atoms with Gasteiger partial charge >= 0.3 is 0 Å². The van der Waals surface area contributed by atoms with Gasteiger partial charge in [-0.05, 0) is 68.6 Å². The lowest BCUT2D eigenvalue weighted by molar-refractivity contribution is 0.600. The van der Waals surface area contributed by atoms with Crippen LogP contribution >= 0.6 is 47.8 Å². The Kier molecular flexibility index (Phi) is 5.02. The zero-order valence-corrected chi connectivity index (χ0v) is 16.4. The zero-order chi connectivity index (χ0) is 15.8. The minimum absolute atomic E-state index is 0.107. The summed E-state index contributed by atoms with van der Waals surface area (Å²) in [6.45, 7) is 1.83. The van der Waals surface area contributed by atoms with Crippen LogP contribution in [0.15, 0.2) is 48.6 Å². The molecule has 2 aromatic rings. The number of hydrogen-bond donors (Lipinski definition) is 2. The lowest BCUT2D eigenvalue weighted by Gasteiger charge is -2.14. The van der Waals surface area contributed by atoms with E-state index in [2.05, 4.69) is 52.5 Å². The molecular formula is C13H11Br3N2O2S. The summed E-state index contributed by atoms with van der Waals surface area (Å²) in [7, 11) is -3.75. The van der Waals surface area contributed by atoms with Crippen molar-refractivity contribution in [3.63, 3.8) is 0 Å². The third kappa shape index (κ3) is 3.61. The van der Waals surface area contributed by atoms with E-state index in [9.17, 15) is 8.42 Å². The highest BCUT2D eigenvalue weighted by Gasteiger charge is 2.22. The van der Waals surface area contributed by atoms with Crippen LogP contribution in [0.25, 0.3) is 0 Å². The highest BCUT2D eigenvalue weighted by atomic mass is 79.9. The Labute approximate surface area is 148 Å². The number of nitrogens with two attached hydrogens (primary N) is 1. The van der Waals surface area contributed by atoms with E-state index in [1.165, 1.54) is 0 Å². The average molecular weight is 499 g/mol. The van der Waals surface area contributed by atoms with E-state index >= 15 is 0 Å². The van der Waals surface area contributed by atoms with Gasteiger partial charge in [0.05, 0.1) is 5.69 Å². The van der Waals surface area contributed by atoms with Gasteiger partial charge in [0.25, 0.3) is 10.0 Å². The molecular weight excluding hydrogens is 488 g/mol. The molecule has 0 bridgehead atoms. The molecule has 0 aliphatic heterocycles. The van der Waals surface area contributed by atoms with Crippen molar-refractivity contribution >= 4 is 69.2 Å². The van der Waals surface area contributed by atoms with Crippen molar-refractivity contribution < 1.29 is 8.42 Å². The van der Waals surface area contributed by atoms with Gasteiger partial charge in [0.2, 0.25) is 0 Å². The molecule has 3 N–H and O–H groups in total. The van der Waals surface area contributed by atoms with Gasteiger partial charge < -0.3 is 5.73 Å². The van der Waals surface area contributed by atoms with Gasteiger partial charge in [-0.2, -0.15) is 0 Å². The summed E-state index contributed by atoms with van der Waals surface area (Å²) in [5, 5.41) is 0. The highest BCUT2D eigenvalue weighted by molar-refractivity contribution is 9.11. The first-order valence-electron chi connectivity index (χ1n) is 5.75. The summed E-state index contributed by atoms with van der Waals surface area (Å²) >= 11 is 9.86. The second-order valence-electron chi connectivity index (χ2n) is 4.33. The van der Waals surface area contributed by atoms with Crippen LogP contribution in [-0.2, 0) is 10.0 Å². The predicted octanol–water partition coefficient (Wildman–Crippen LogP) is 4.67. The van der Waals surface area contributed by atoms with Crippen LogP contribution in [0.5, 0.6) is 0 Å². The second kappa shape index (κ2) is 6.28. The number of nitrogen functional groups attached to an aromatic ring is 1. The Morgan fingerprint density at radius 3 is 2.19 bits per heavy atom. The van der Waals surface area contributed by atoms with Crippen LogP contribution in [0, 0.1) is 6.92 Å². The van der Waals surface area contributed by atoms with Gasteiger partial charge in [-0.15, -0.1) is 0 Å². The molecule has 0 aromatic heterocycles. The minimum Gasteiger partial charge on any atom is -0.399 e. The molecule has 21 heavy (non-hydrogen) atoms. The summed E-state index contributed by atoms with van der Waals surface area (Å²) < 4.78 is 29.4. The number of benzene rings is 2. The zero-order valence-electron chi connectivity index (χ0n) is 10.8. The number of sulfonamides is 1. The smallest absolute Gasteiger partial charge is 0.264 e. The number of rotatable bonds is 3. The maximum atomic E-state index is 12.6. The fourth-order valence-electron chi connectivity index (χ4n) is 1.75. The third-order valence-electron chi connectivity index (χ3n) is 2.80. The molecule has 2 rings (SSSR count). The molecule has 112 valence electrons. The molecule has 0 unspecified atom stereocenters. The van der Waals surface area contributed by atoms with E-state index in [1.54, 1.807) is 24.3 Å². The van der Waals surface area contributed by atoms with E-state index in [0.29, 0.717) is 20.3 Å². The Morgan fingerprint density at radius 2 is 1.62 bits per heavy atom. The number of nitrogens with one attached hydrogen (secondary N) is 1. The standard InChI is InChI=1S/C13H11Br3N2O2S/c1-7-9(14)3-2-4-12(7)18-21(19,20)13-10(15)5-8(17)6-11(13)16/h2-6,18H,17H2,1H3. The van der Waals surface area contributed by atoms with Crippen LogP contribution in [0.2, 0.25) is 0 Å².